The number of benzene rings is 2. The number of aromatic nitrogens is 3. The summed E-state index contributed by atoms with van der Waals surface area (Å²) in [6, 6.07) is 15.5. The maximum absolute atomic E-state index is 12.7. The molecule has 0 fully saturated rings. The topological polar surface area (TPSA) is 157 Å². The van der Waals surface area contributed by atoms with E-state index in [-0.39, 0.29) is 16.6 Å². The Morgan fingerprint density at radius 3 is 2.45 bits per heavy atom. The SMILES string of the molecule is CCCCNC(=O)NS(=O)(=O)c1ccc(NC(=O)CSc2nnc(-c3ccco3)n2-c2ccc(OC)cc2)cc1. The minimum Gasteiger partial charge on any atom is -0.497 e. The third kappa shape index (κ3) is 7.21. The van der Waals surface area contributed by atoms with Gasteiger partial charge in [-0.1, -0.05) is 25.1 Å². The summed E-state index contributed by atoms with van der Waals surface area (Å²) < 4.78 is 39.4. The molecule has 210 valence electrons. The molecule has 40 heavy (non-hydrogen) atoms. The molecule has 0 aliphatic heterocycles. The van der Waals surface area contributed by atoms with Crippen molar-refractivity contribution >= 4 is 39.4 Å². The third-order valence-corrected chi connectivity index (χ3v) is 7.81. The number of hydrogen-bond acceptors (Lipinski definition) is 9. The minimum absolute atomic E-state index is 0.00593. The number of ether oxygens (including phenoxy) is 1. The second-order valence-corrected chi connectivity index (χ2v) is 11.0. The van der Waals surface area contributed by atoms with Crippen LogP contribution in [0.3, 0.4) is 0 Å². The van der Waals surface area contributed by atoms with E-state index in [2.05, 4.69) is 20.8 Å². The number of rotatable bonds is 12. The van der Waals surface area contributed by atoms with Gasteiger partial charge in [0.05, 0.1) is 29.7 Å². The molecule has 0 atom stereocenters. The van der Waals surface area contributed by atoms with Crippen molar-refractivity contribution in [3.63, 3.8) is 0 Å². The highest BCUT2D eigenvalue weighted by molar-refractivity contribution is 7.99. The first-order valence-corrected chi connectivity index (χ1v) is 14.7. The van der Waals surface area contributed by atoms with Gasteiger partial charge in [0.25, 0.3) is 10.0 Å². The Morgan fingerprint density at radius 1 is 1.05 bits per heavy atom. The molecule has 0 spiro atoms. The molecular formula is C26H28N6O6S2. The van der Waals surface area contributed by atoms with Crippen LogP contribution in [0.1, 0.15) is 19.8 Å². The number of anilines is 1. The van der Waals surface area contributed by atoms with Gasteiger partial charge in [0.15, 0.2) is 10.9 Å². The number of hydrogen-bond donors (Lipinski definition) is 3. The summed E-state index contributed by atoms with van der Waals surface area (Å²) in [5.41, 5.74) is 1.15. The van der Waals surface area contributed by atoms with Gasteiger partial charge >= 0.3 is 6.03 Å². The van der Waals surface area contributed by atoms with Crippen LogP contribution in [-0.2, 0) is 14.8 Å². The fraction of sp³-hybridized carbons (Fsp3) is 0.231. The van der Waals surface area contributed by atoms with Gasteiger partial charge in [0.1, 0.15) is 5.75 Å². The van der Waals surface area contributed by atoms with Gasteiger partial charge in [0.2, 0.25) is 11.7 Å². The summed E-state index contributed by atoms with van der Waals surface area (Å²) >= 11 is 1.17. The number of methoxy groups -OCH3 is 1. The van der Waals surface area contributed by atoms with Gasteiger partial charge in [0, 0.05) is 12.2 Å². The molecular weight excluding hydrogens is 556 g/mol. The third-order valence-electron chi connectivity index (χ3n) is 5.53. The van der Waals surface area contributed by atoms with Crippen molar-refractivity contribution < 1.29 is 27.2 Å². The highest BCUT2D eigenvalue weighted by Gasteiger charge is 2.20. The molecule has 2 aromatic heterocycles. The van der Waals surface area contributed by atoms with Crippen LogP contribution in [0, 0.1) is 0 Å². The second kappa shape index (κ2) is 13.2. The summed E-state index contributed by atoms with van der Waals surface area (Å²) in [4.78, 5) is 24.4. The molecule has 0 radical (unpaired) electrons. The molecule has 3 N–H and O–H groups in total. The number of nitrogens with zero attached hydrogens (tertiary/aromatic N) is 3. The van der Waals surface area contributed by atoms with Crippen molar-refractivity contribution in [2.75, 3.05) is 24.7 Å². The molecule has 4 rings (SSSR count). The number of carbonyl (C=O) groups excluding carboxylic acids is 2. The molecule has 0 unspecified atom stereocenters. The minimum atomic E-state index is -4.05. The van der Waals surface area contributed by atoms with Crippen LogP contribution in [0.25, 0.3) is 17.3 Å². The Labute approximate surface area is 235 Å². The maximum atomic E-state index is 12.7. The van der Waals surface area contributed by atoms with Crippen LogP contribution >= 0.6 is 11.8 Å². The number of nitrogens with one attached hydrogen (secondary N) is 3. The number of carbonyl (C=O) groups is 2. The molecule has 0 aliphatic rings. The average molecular weight is 585 g/mol. The molecule has 14 heteroatoms. The van der Waals surface area contributed by atoms with E-state index < -0.39 is 16.1 Å². The van der Waals surface area contributed by atoms with E-state index in [1.165, 1.54) is 42.3 Å². The molecule has 4 aromatic rings. The first-order valence-electron chi connectivity index (χ1n) is 12.3. The number of amides is 3. The number of sulfonamides is 1. The summed E-state index contributed by atoms with van der Waals surface area (Å²) in [5, 5.41) is 14.2. The zero-order chi connectivity index (χ0) is 28.5. The van der Waals surface area contributed by atoms with Crippen molar-refractivity contribution in [1.82, 2.24) is 24.8 Å². The van der Waals surface area contributed by atoms with Crippen LogP contribution in [-0.4, -0.2) is 54.5 Å². The molecule has 0 saturated heterocycles. The largest absolute Gasteiger partial charge is 0.497 e. The van der Waals surface area contributed by atoms with Crippen molar-refractivity contribution in [3.8, 4) is 23.0 Å². The lowest BCUT2D eigenvalue weighted by Gasteiger charge is -2.11. The van der Waals surface area contributed by atoms with Crippen molar-refractivity contribution in [1.29, 1.82) is 0 Å². The van der Waals surface area contributed by atoms with E-state index >= 15 is 0 Å². The van der Waals surface area contributed by atoms with Crippen molar-refractivity contribution in [2.24, 2.45) is 0 Å². The van der Waals surface area contributed by atoms with Gasteiger partial charge < -0.3 is 19.8 Å². The Morgan fingerprint density at radius 2 is 1.80 bits per heavy atom. The quantitative estimate of drug-likeness (QED) is 0.165. The van der Waals surface area contributed by atoms with E-state index in [4.69, 9.17) is 9.15 Å². The van der Waals surface area contributed by atoms with E-state index in [0.29, 0.717) is 34.7 Å². The van der Waals surface area contributed by atoms with Crippen LogP contribution in [0.15, 0.2) is 81.4 Å². The maximum Gasteiger partial charge on any atom is 0.328 e. The highest BCUT2D eigenvalue weighted by Crippen LogP contribution is 2.29. The van der Waals surface area contributed by atoms with E-state index in [9.17, 15) is 18.0 Å². The molecule has 2 heterocycles. The van der Waals surface area contributed by atoms with Gasteiger partial charge in [-0.25, -0.2) is 17.9 Å². The summed E-state index contributed by atoms with van der Waals surface area (Å²) in [7, 11) is -2.47. The van der Waals surface area contributed by atoms with Crippen molar-refractivity contribution in [2.45, 2.75) is 29.8 Å². The lowest BCUT2D eigenvalue weighted by molar-refractivity contribution is -0.113. The number of urea groups is 1. The van der Waals surface area contributed by atoms with E-state index in [0.717, 1.165) is 18.5 Å². The summed E-state index contributed by atoms with van der Waals surface area (Å²) in [6.07, 6.45) is 3.15. The Hall–Kier alpha value is -4.30. The molecule has 12 nitrogen and oxygen atoms in total. The standard InChI is InChI=1S/C26H28N6O6S2/c1-3-4-15-27-25(34)31-40(35,36)21-13-7-18(8-14-21)28-23(33)17-39-26-30-29-24(22-6-5-16-38-22)32(26)19-9-11-20(37-2)12-10-19/h5-14,16H,3-4,15,17H2,1-2H3,(H,28,33)(H2,27,31,34). The van der Waals surface area contributed by atoms with Gasteiger partial charge in [-0.2, -0.15) is 0 Å². The fourth-order valence-corrected chi connectivity index (χ4v) is 5.21. The summed E-state index contributed by atoms with van der Waals surface area (Å²) in [6.45, 7) is 2.34. The van der Waals surface area contributed by atoms with Gasteiger partial charge in [-0.15, -0.1) is 10.2 Å². The fourth-order valence-electron chi connectivity index (χ4n) is 3.53. The molecule has 0 bridgehead atoms. The molecule has 3 amide bonds. The Balaban J connectivity index is 1.41. The van der Waals surface area contributed by atoms with Gasteiger partial charge in [-0.05, 0) is 67.1 Å². The molecule has 0 saturated carbocycles. The number of furan rings is 1. The zero-order valence-electron chi connectivity index (χ0n) is 21.8. The van der Waals surface area contributed by atoms with Crippen LogP contribution in [0.4, 0.5) is 10.5 Å². The first-order chi connectivity index (χ1) is 19.3. The Bertz CT molecular complexity index is 1540. The normalized spacial score (nSPS) is 11.2. The lowest BCUT2D eigenvalue weighted by atomic mass is 10.3. The lowest BCUT2D eigenvalue weighted by Crippen LogP contribution is -2.39. The zero-order valence-corrected chi connectivity index (χ0v) is 23.4. The highest BCUT2D eigenvalue weighted by atomic mass is 32.2. The second-order valence-electron chi connectivity index (χ2n) is 8.39. The monoisotopic (exact) mass is 584 g/mol. The molecule has 2 aromatic carbocycles. The Kier molecular flexibility index (Phi) is 9.45. The number of thioether (sulfide) groups is 1. The van der Waals surface area contributed by atoms with Crippen LogP contribution in [0.2, 0.25) is 0 Å². The predicted octanol–water partition coefficient (Wildman–Crippen LogP) is 4.05. The van der Waals surface area contributed by atoms with E-state index in [1.807, 2.05) is 23.8 Å². The van der Waals surface area contributed by atoms with E-state index in [1.54, 1.807) is 35.9 Å². The smallest absolute Gasteiger partial charge is 0.328 e. The van der Waals surface area contributed by atoms with Crippen LogP contribution in [0.5, 0.6) is 5.75 Å². The molecule has 0 aliphatic carbocycles. The predicted molar refractivity (Wildman–Crippen MR) is 150 cm³/mol. The van der Waals surface area contributed by atoms with Crippen LogP contribution < -0.4 is 20.1 Å². The summed E-state index contributed by atoms with van der Waals surface area (Å²) in [5.74, 6) is 1.35. The van der Waals surface area contributed by atoms with Gasteiger partial charge in [-0.3, -0.25) is 9.36 Å². The van der Waals surface area contributed by atoms with Crippen molar-refractivity contribution in [3.05, 3.63) is 66.9 Å². The first kappa shape index (κ1) is 28.7. The number of unbranched alkanes of at least 4 members (excludes halogenated alkanes) is 1. The average Bonchev–Trinajstić information content (AvgIpc) is 3.62.